The second kappa shape index (κ2) is 11.5. The molecule has 0 atom stereocenters. The van der Waals surface area contributed by atoms with Crippen molar-refractivity contribution in [2.24, 2.45) is 0 Å². The lowest BCUT2D eigenvalue weighted by Crippen LogP contribution is -1.88. The Bertz CT molecular complexity index is 140. The number of carbonyl (C=O) groups is 1. The van der Waals surface area contributed by atoms with Gasteiger partial charge in [0, 0.05) is 0 Å². The fraction of sp³-hybridized carbons (Fsp3) is 0.222. The molecule has 0 radical (unpaired) electrons. The molecule has 0 heterocycles. The highest BCUT2D eigenvalue weighted by Crippen LogP contribution is 1.79. The van der Waals surface area contributed by atoms with Crippen LogP contribution in [0.2, 0.25) is 0 Å². The van der Waals surface area contributed by atoms with Gasteiger partial charge in [-0.2, -0.15) is 0 Å². The highest BCUT2D eigenvalue weighted by molar-refractivity contribution is 5.68. The molecule has 0 aliphatic rings. The number of hydrogen-bond donors (Lipinski definition) is 1. The van der Waals surface area contributed by atoms with E-state index in [0.29, 0.717) is 0 Å². The third-order valence-electron chi connectivity index (χ3n) is 0.695. The van der Waals surface area contributed by atoms with E-state index in [4.69, 9.17) is 5.11 Å². The van der Waals surface area contributed by atoms with Gasteiger partial charge in [-0.15, -0.1) is 0 Å². The van der Waals surface area contributed by atoms with E-state index in [9.17, 15) is 4.79 Å². The van der Waals surface area contributed by atoms with Gasteiger partial charge in [0.15, 0.2) is 0 Å². The van der Waals surface area contributed by atoms with Crippen LogP contribution in [0.25, 0.3) is 0 Å². The highest BCUT2D eigenvalue weighted by Gasteiger charge is 1.85. The van der Waals surface area contributed by atoms with Crippen LogP contribution in [0, 0.1) is 0 Å². The standard InChI is InChI=1S/C5H8O2.C4H6/c1-2-3-4-5(6)7;1-3-4-2/h2-3H,4H2,1H3,(H,6,7);3-4H,1-2H2/b3-2+;. The molecule has 0 unspecified atom stereocenters. The Balaban J connectivity index is 0. The molecule has 0 aliphatic carbocycles. The van der Waals surface area contributed by atoms with Crippen LogP contribution in [0.4, 0.5) is 0 Å². The smallest absolute Gasteiger partial charge is 0.307 e. The Labute approximate surface area is 67.6 Å². The number of carboxylic acid groups (broad SMARTS) is 1. The zero-order valence-electron chi connectivity index (χ0n) is 6.79. The fourth-order valence-corrected chi connectivity index (χ4v) is 0.219. The molecule has 0 aromatic heterocycles. The maximum Gasteiger partial charge on any atom is 0.307 e. The summed E-state index contributed by atoms with van der Waals surface area (Å²) in [6, 6.07) is 0. The van der Waals surface area contributed by atoms with Crippen molar-refractivity contribution in [3.63, 3.8) is 0 Å². The van der Waals surface area contributed by atoms with Crippen molar-refractivity contribution in [3.8, 4) is 0 Å². The Morgan fingerprint density at radius 2 is 1.91 bits per heavy atom. The molecule has 0 amide bonds. The van der Waals surface area contributed by atoms with Crippen molar-refractivity contribution in [1.82, 2.24) is 0 Å². The summed E-state index contributed by atoms with van der Waals surface area (Å²) in [7, 11) is 0. The van der Waals surface area contributed by atoms with Crippen molar-refractivity contribution < 1.29 is 9.90 Å². The van der Waals surface area contributed by atoms with Gasteiger partial charge in [-0.1, -0.05) is 37.5 Å². The lowest BCUT2D eigenvalue weighted by molar-refractivity contribution is -0.136. The van der Waals surface area contributed by atoms with Crippen molar-refractivity contribution in [1.29, 1.82) is 0 Å². The van der Waals surface area contributed by atoms with Crippen molar-refractivity contribution in [3.05, 3.63) is 37.5 Å². The first-order valence-electron chi connectivity index (χ1n) is 3.25. The van der Waals surface area contributed by atoms with E-state index in [1.165, 1.54) is 0 Å². The van der Waals surface area contributed by atoms with Gasteiger partial charge in [-0.25, -0.2) is 0 Å². The summed E-state index contributed by atoms with van der Waals surface area (Å²) in [5.74, 6) is -0.780. The van der Waals surface area contributed by atoms with Gasteiger partial charge in [0.25, 0.3) is 0 Å². The maximum absolute atomic E-state index is 9.71. The molecular weight excluding hydrogens is 140 g/mol. The minimum atomic E-state index is -0.780. The quantitative estimate of drug-likeness (QED) is 0.500. The van der Waals surface area contributed by atoms with E-state index in [-0.39, 0.29) is 6.42 Å². The monoisotopic (exact) mass is 154 g/mol. The third kappa shape index (κ3) is 28.6. The van der Waals surface area contributed by atoms with Crippen molar-refractivity contribution >= 4 is 5.97 Å². The van der Waals surface area contributed by atoms with E-state index in [1.54, 1.807) is 31.2 Å². The number of aliphatic carboxylic acids is 1. The van der Waals surface area contributed by atoms with Crippen LogP contribution in [0.5, 0.6) is 0 Å². The molecule has 0 aromatic carbocycles. The molecule has 0 bridgehead atoms. The SMILES string of the molecule is C/C=C/CC(=O)O.C=CC=C. The molecular formula is C9H14O2. The molecule has 2 nitrogen and oxygen atoms in total. The molecule has 2 heteroatoms. The number of carboxylic acids is 1. The third-order valence-corrected chi connectivity index (χ3v) is 0.695. The van der Waals surface area contributed by atoms with Crippen molar-refractivity contribution in [2.45, 2.75) is 13.3 Å². The topological polar surface area (TPSA) is 37.3 Å². The van der Waals surface area contributed by atoms with E-state index < -0.39 is 5.97 Å². The van der Waals surface area contributed by atoms with Gasteiger partial charge in [0.1, 0.15) is 0 Å². The van der Waals surface area contributed by atoms with Crippen LogP contribution in [-0.2, 0) is 4.79 Å². The average molecular weight is 154 g/mol. The molecule has 0 aliphatic heterocycles. The number of rotatable bonds is 3. The number of allylic oxidation sites excluding steroid dienone is 3. The van der Waals surface area contributed by atoms with E-state index >= 15 is 0 Å². The lowest BCUT2D eigenvalue weighted by Gasteiger charge is -1.77. The molecule has 0 fully saturated rings. The van der Waals surface area contributed by atoms with Gasteiger partial charge in [0.2, 0.25) is 0 Å². The van der Waals surface area contributed by atoms with Crippen LogP contribution in [0.1, 0.15) is 13.3 Å². The largest absolute Gasteiger partial charge is 0.481 e. The summed E-state index contributed by atoms with van der Waals surface area (Å²) in [6.07, 6.45) is 6.73. The van der Waals surface area contributed by atoms with E-state index in [1.807, 2.05) is 0 Å². The summed E-state index contributed by atoms with van der Waals surface area (Å²) in [5.41, 5.74) is 0. The molecule has 1 N–H and O–H groups in total. The van der Waals surface area contributed by atoms with Crippen LogP contribution in [-0.4, -0.2) is 11.1 Å². The van der Waals surface area contributed by atoms with Gasteiger partial charge in [-0.3, -0.25) is 4.79 Å². The van der Waals surface area contributed by atoms with Crippen LogP contribution in [0.15, 0.2) is 37.5 Å². The lowest BCUT2D eigenvalue weighted by atomic mass is 10.4. The molecule has 0 spiro atoms. The number of hydrogen-bond acceptors (Lipinski definition) is 1. The first kappa shape index (κ1) is 12.4. The van der Waals surface area contributed by atoms with Gasteiger partial charge < -0.3 is 5.11 Å². The minimum Gasteiger partial charge on any atom is -0.481 e. The second-order valence-corrected chi connectivity index (χ2v) is 1.64. The molecule has 0 aromatic rings. The summed E-state index contributed by atoms with van der Waals surface area (Å²) >= 11 is 0. The molecule has 0 saturated heterocycles. The normalized spacial score (nSPS) is 8.09. The van der Waals surface area contributed by atoms with E-state index in [0.717, 1.165) is 0 Å². The van der Waals surface area contributed by atoms with Gasteiger partial charge in [-0.05, 0) is 6.92 Å². The summed E-state index contributed by atoms with van der Waals surface area (Å²) in [4.78, 5) is 9.71. The molecule has 0 rings (SSSR count). The maximum atomic E-state index is 9.71. The van der Waals surface area contributed by atoms with Crippen LogP contribution < -0.4 is 0 Å². The zero-order chi connectivity index (χ0) is 9.11. The minimum absolute atomic E-state index is 0.135. The molecule has 11 heavy (non-hydrogen) atoms. The Kier molecular flexibility index (Phi) is 12.9. The Morgan fingerprint density at radius 1 is 1.45 bits per heavy atom. The second-order valence-electron chi connectivity index (χ2n) is 1.64. The van der Waals surface area contributed by atoms with Crippen LogP contribution >= 0.6 is 0 Å². The predicted octanol–water partition coefficient (Wildman–Crippen LogP) is 2.40. The highest BCUT2D eigenvalue weighted by atomic mass is 16.4. The average Bonchev–Trinajstić information content (AvgIpc) is 2.01. The zero-order valence-corrected chi connectivity index (χ0v) is 6.79. The first-order valence-corrected chi connectivity index (χ1v) is 3.25. The Hall–Kier alpha value is -1.31. The molecule has 62 valence electrons. The summed E-state index contributed by atoms with van der Waals surface area (Å²) in [6.45, 7) is 8.52. The van der Waals surface area contributed by atoms with Gasteiger partial charge >= 0.3 is 5.97 Å². The Morgan fingerprint density at radius 3 is 2.00 bits per heavy atom. The van der Waals surface area contributed by atoms with Crippen molar-refractivity contribution in [2.75, 3.05) is 0 Å². The van der Waals surface area contributed by atoms with Gasteiger partial charge in [0.05, 0.1) is 6.42 Å². The predicted molar refractivity (Wildman–Crippen MR) is 47.5 cm³/mol. The first-order chi connectivity index (χ1) is 5.18. The van der Waals surface area contributed by atoms with E-state index in [2.05, 4.69) is 13.2 Å². The summed E-state index contributed by atoms with van der Waals surface area (Å²) in [5, 5.41) is 7.99. The molecule has 0 saturated carbocycles. The summed E-state index contributed by atoms with van der Waals surface area (Å²) < 4.78 is 0. The fourth-order valence-electron chi connectivity index (χ4n) is 0.219. The van der Waals surface area contributed by atoms with Crippen LogP contribution in [0.3, 0.4) is 0 Å².